The molecular weight excluding hydrogens is 704 g/mol. The molecule has 0 unspecified atom stereocenters. The molecule has 2 aromatic carbocycles. The van der Waals surface area contributed by atoms with E-state index in [1.807, 2.05) is 31.2 Å². The number of aromatic hydroxyl groups is 1. The van der Waals surface area contributed by atoms with Gasteiger partial charge >= 0.3 is 0 Å². The second-order valence-corrected chi connectivity index (χ2v) is 13.4. The van der Waals surface area contributed by atoms with Crippen molar-refractivity contribution in [2.24, 2.45) is 4.99 Å². The minimum Gasteiger partial charge on any atom is -0.508 e. The third-order valence-corrected chi connectivity index (χ3v) is 9.70. The molecule has 0 spiro atoms. The molecule has 6 rings (SSSR count). The topological polar surface area (TPSA) is 139 Å². The second-order valence-electron chi connectivity index (χ2n) is 10.9. The molecule has 0 bridgehead atoms. The summed E-state index contributed by atoms with van der Waals surface area (Å²) in [6.07, 6.45) is 5.66. The highest BCUT2D eigenvalue weighted by Gasteiger charge is 2.26. The first-order valence-electron chi connectivity index (χ1n) is 14.9. The first-order valence-corrected chi connectivity index (χ1v) is 16.9. The number of hydrogen-bond donors (Lipinski definition) is 3. The number of rotatable bonds is 5. The summed E-state index contributed by atoms with van der Waals surface area (Å²) in [4.78, 5) is 39.2. The van der Waals surface area contributed by atoms with E-state index in [0.29, 0.717) is 16.6 Å². The fourth-order valence-corrected chi connectivity index (χ4v) is 6.55. The molecule has 1 aliphatic carbocycles. The number of carbonyl (C=O) groups is 3. The number of hydrogen-bond acceptors (Lipinski definition) is 8. The largest absolute Gasteiger partial charge is 0.508 e. The summed E-state index contributed by atoms with van der Waals surface area (Å²) in [6, 6.07) is 12.5. The van der Waals surface area contributed by atoms with Crippen LogP contribution >= 0.6 is 38.9 Å². The average molecular weight is 740 g/mol. The quantitative estimate of drug-likeness (QED) is 0.156. The van der Waals surface area contributed by atoms with Crippen LogP contribution in [0, 0.1) is 20.8 Å². The predicted octanol–water partition coefficient (Wildman–Crippen LogP) is 6.57. The number of phenols is 1. The molecular formula is C34H36BrClN6O4S. The summed E-state index contributed by atoms with van der Waals surface area (Å²) in [7, 11) is 1.60. The number of aryl methyl sites for hydroxylation is 2. The van der Waals surface area contributed by atoms with Gasteiger partial charge in [-0.2, -0.15) is 0 Å². The van der Waals surface area contributed by atoms with Crippen LogP contribution in [0.15, 0.2) is 64.1 Å². The summed E-state index contributed by atoms with van der Waals surface area (Å²) in [5.74, 6) is 1.34. The van der Waals surface area contributed by atoms with Crippen LogP contribution in [0.5, 0.6) is 5.75 Å². The SMILES string of the molecule is CNC(C)=O.Cc1sc2c(c1C)C(c1ccc(Cl)cc1)=NCc1nnc(C)n1-2.O=C(/C=C/C(=O)c1ccc(O)cc1Br)NC1CCC1. The van der Waals surface area contributed by atoms with Gasteiger partial charge in [-0.3, -0.25) is 23.9 Å². The number of nitrogens with zero attached hydrogens (tertiary/aromatic N) is 4. The standard InChI is InChI=1S/C17H15ClN4S.C14H14BrNO3.C3H7NO/c1-9-10(2)23-17-15(9)16(12-4-6-13(18)7-5-12)19-8-14-21-20-11(3)22(14)17;15-12-8-10(17)4-5-11(12)13(18)6-7-14(19)16-9-2-1-3-9;1-3(5)4-2/h4-7H,8H2,1-3H3;4-9,17H,1-3H2,(H,16,19);1-2H3,(H,4,5)/b;7-6+;. The lowest BCUT2D eigenvalue weighted by Gasteiger charge is -2.25. The smallest absolute Gasteiger partial charge is 0.244 e. The number of thiophene rings is 1. The molecule has 1 fully saturated rings. The number of amides is 2. The lowest BCUT2D eigenvalue weighted by atomic mass is 9.93. The molecule has 13 heteroatoms. The van der Waals surface area contributed by atoms with E-state index in [1.54, 1.807) is 18.4 Å². The van der Waals surface area contributed by atoms with Crippen molar-refractivity contribution in [3.8, 4) is 10.8 Å². The van der Waals surface area contributed by atoms with Gasteiger partial charge in [0.1, 0.15) is 23.1 Å². The van der Waals surface area contributed by atoms with Crippen LogP contribution in [-0.4, -0.2) is 56.3 Å². The first kappa shape index (κ1) is 35.7. The zero-order valence-corrected chi connectivity index (χ0v) is 29.9. The van der Waals surface area contributed by atoms with Gasteiger partial charge in [0.15, 0.2) is 11.6 Å². The van der Waals surface area contributed by atoms with E-state index < -0.39 is 0 Å². The second kappa shape index (κ2) is 16.1. The zero-order chi connectivity index (χ0) is 34.2. The third-order valence-electron chi connectivity index (χ3n) is 7.60. The molecule has 3 N–H and O–H groups in total. The number of allylic oxidation sites excluding steroid dienone is 1. The Labute approximate surface area is 291 Å². The molecule has 3 heterocycles. The van der Waals surface area contributed by atoms with E-state index >= 15 is 0 Å². The highest BCUT2D eigenvalue weighted by Crippen LogP contribution is 2.36. The average Bonchev–Trinajstić information content (AvgIpc) is 3.46. The molecule has 2 aliphatic rings. The van der Waals surface area contributed by atoms with Crippen molar-refractivity contribution < 1.29 is 19.5 Å². The lowest BCUT2D eigenvalue weighted by Crippen LogP contribution is -2.38. The number of ketones is 1. The van der Waals surface area contributed by atoms with E-state index in [-0.39, 0.29) is 29.4 Å². The number of nitrogens with one attached hydrogen (secondary N) is 2. The van der Waals surface area contributed by atoms with Gasteiger partial charge in [-0.25, -0.2) is 0 Å². The normalized spacial score (nSPS) is 13.4. The lowest BCUT2D eigenvalue weighted by molar-refractivity contribution is -0.119. The van der Waals surface area contributed by atoms with E-state index in [1.165, 1.54) is 53.3 Å². The van der Waals surface area contributed by atoms with Crippen LogP contribution in [0.2, 0.25) is 5.02 Å². The Kier molecular flexibility index (Phi) is 12.3. The Hall–Kier alpha value is -4.13. The molecule has 1 aliphatic heterocycles. The monoisotopic (exact) mass is 738 g/mol. The molecule has 2 aromatic heterocycles. The molecule has 1 saturated carbocycles. The Balaban J connectivity index is 0.000000189. The van der Waals surface area contributed by atoms with Gasteiger partial charge in [-0.05, 0) is 97.9 Å². The van der Waals surface area contributed by atoms with Gasteiger partial charge in [0.2, 0.25) is 11.8 Å². The fourth-order valence-electron chi connectivity index (χ4n) is 4.64. The number of aliphatic imine (C=N–C) groups is 1. The number of aromatic nitrogens is 3. The maximum Gasteiger partial charge on any atom is 0.244 e. The molecule has 0 atom stereocenters. The molecule has 10 nitrogen and oxygen atoms in total. The number of carbonyl (C=O) groups excluding carboxylic acids is 3. The van der Waals surface area contributed by atoms with E-state index in [9.17, 15) is 19.5 Å². The van der Waals surface area contributed by atoms with Crippen LogP contribution in [0.1, 0.15) is 69.8 Å². The van der Waals surface area contributed by atoms with Gasteiger partial charge in [0, 0.05) is 57.2 Å². The van der Waals surface area contributed by atoms with E-state index in [0.717, 1.165) is 52.2 Å². The first-order chi connectivity index (χ1) is 22.4. The summed E-state index contributed by atoms with van der Waals surface area (Å²) in [6.45, 7) is 8.28. The summed E-state index contributed by atoms with van der Waals surface area (Å²) >= 11 is 11.0. The number of benzene rings is 2. The summed E-state index contributed by atoms with van der Waals surface area (Å²) in [5.41, 5.74) is 4.93. The number of phenolic OH excluding ortho intramolecular Hbond substituents is 1. The molecule has 246 valence electrons. The number of halogens is 2. The van der Waals surface area contributed by atoms with Gasteiger partial charge in [-0.15, -0.1) is 21.5 Å². The van der Waals surface area contributed by atoms with Crippen molar-refractivity contribution in [2.45, 2.75) is 59.5 Å². The van der Waals surface area contributed by atoms with Crippen molar-refractivity contribution >= 4 is 62.2 Å². The minimum atomic E-state index is -0.282. The molecule has 47 heavy (non-hydrogen) atoms. The van der Waals surface area contributed by atoms with Crippen molar-refractivity contribution in [2.75, 3.05) is 7.05 Å². The molecule has 0 saturated heterocycles. The predicted molar refractivity (Wildman–Crippen MR) is 189 cm³/mol. The maximum atomic E-state index is 11.9. The van der Waals surface area contributed by atoms with Gasteiger partial charge in [0.05, 0.1) is 5.71 Å². The van der Waals surface area contributed by atoms with Crippen LogP contribution in [0.3, 0.4) is 0 Å². The van der Waals surface area contributed by atoms with Crippen LogP contribution < -0.4 is 10.6 Å². The summed E-state index contributed by atoms with van der Waals surface area (Å²) in [5, 5.41) is 24.8. The van der Waals surface area contributed by atoms with E-state index in [2.05, 4.69) is 55.2 Å². The molecule has 4 aromatic rings. The molecule has 2 amide bonds. The van der Waals surface area contributed by atoms with Crippen molar-refractivity contribution in [1.82, 2.24) is 25.4 Å². The highest BCUT2D eigenvalue weighted by atomic mass is 79.9. The van der Waals surface area contributed by atoms with Crippen molar-refractivity contribution in [3.05, 3.63) is 103 Å². The Morgan fingerprint density at radius 1 is 1.06 bits per heavy atom. The van der Waals surface area contributed by atoms with Crippen molar-refractivity contribution in [3.63, 3.8) is 0 Å². The molecule has 0 radical (unpaired) electrons. The minimum absolute atomic E-state index is 0.00463. The van der Waals surface area contributed by atoms with Gasteiger partial charge < -0.3 is 15.7 Å². The summed E-state index contributed by atoms with van der Waals surface area (Å²) < 4.78 is 2.63. The number of fused-ring (bicyclic) bond motifs is 3. The Morgan fingerprint density at radius 2 is 1.74 bits per heavy atom. The van der Waals surface area contributed by atoms with Crippen LogP contribution in [0.25, 0.3) is 5.00 Å². The van der Waals surface area contributed by atoms with Crippen LogP contribution in [-0.2, 0) is 16.1 Å². The Bertz CT molecular complexity index is 1840. The fraction of sp³-hybridized carbons (Fsp3) is 0.294. The highest BCUT2D eigenvalue weighted by molar-refractivity contribution is 9.10. The maximum absolute atomic E-state index is 11.9. The van der Waals surface area contributed by atoms with Gasteiger partial charge in [0.25, 0.3) is 0 Å². The van der Waals surface area contributed by atoms with E-state index in [4.69, 9.17) is 16.6 Å². The van der Waals surface area contributed by atoms with Crippen molar-refractivity contribution in [1.29, 1.82) is 0 Å². The Morgan fingerprint density at radius 3 is 2.34 bits per heavy atom. The van der Waals surface area contributed by atoms with Crippen LogP contribution in [0.4, 0.5) is 0 Å². The van der Waals surface area contributed by atoms with Gasteiger partial charge in [-0.1, -0.05) is 23.7 Å². The third kappa shape index (κ3) is 9.03. The zero-order valence-electron chi connectivity index (χ0n) is 26.7.